The van der Waals surface area contributed by atoms with E-state index in [4.69, 9.17) is 0 Å². The minimum atomic E-state index is 0.150. The molecule has 3 aromatic carbocycles. The quantitative estimate of drug-likeness (QED) is 0.460. The molecule has 0 spiro atoms. The van der Waals surface area contributed by atoms with Crippen LogP contribution in [0.5, 0.6) is 0 Å². The van der Waals surface area contributed by atoms with Crippen LogP contribution >= 0.6 is 0 Å². The molecule has 160 valence electrons. The van der Waals surface area contributed by atoms with Crippen LogP contribution in [0.4, 0.5) is 11.4 Å². The van der Waals surface area contributed by atoms with Crippen molar-refractivity contribution in [2.24, 2.45) is 0 Å². The van der Waals surface area contributed by atoms with Crippen LogP contribution in [0.15, 0.2) is 72.8 Å². The Labute approximate surface area is 187 Å². The molecule has 1 aliphatic carbocycles. The lowest BCUT2D eigenvalue weighted by molar-refractivity contribution is 0.590. The van der Waals surface area contributed by atoms with E-state index >= 15 is 0 Å². The second-order valence-corrected chi connectivity index (χ2v) is 10.7. The first kappa shape index (κ1) is 21.4. The first-order valence-corrected chi connectivity index (χ1v) is 11.4. The summed E-state index contributed by atoms with van der Waals surface area (Å²) in [7, 11) is 0. The highest BCUT2D eigenvalue weighted by Crippen LogP contribution is 2.35. The molecule has 0 N–H and O–H groups in total. The fraction of sp³-hybridized carbons (Fsp3) is 0.333. The van der Waals surface area contributed by atoms with Crippen molar-refractivity contribution < 1.29 is 0 Å². The number of rotatable bonds is 3. The van der Waals surface area contributed by atoms with Gasteiger partial charge >= 0.3 is 0 Å². The lowest BCUT2D eigenvalue weighted by Crippen LogP contribution is -2.35. The van der Waals surface area contributed by atoms with Gasteiger partial charge in [-0.05, 0) is 64.3 Å². The topological polar surface area (TPSA) is 3.24 Å². The Bertz CT molecular complexity index is 1110. The Hall–Kier alpha value is -2.80. The fourth-order valence-electron chi connectivity index (χ4n) is 4.35. The van der Waals surface area contributed by atoms with Gasteiger partial charge in [0.2, 0.25) is 0 Å². The van der Waals surface area contributed by atoms with E-state index in [2.05, 4.69) is 125 Å². The molecule has 0 amide bonds. The lowest BCUT2D eigenvalue weighted by atomic mass is 9.86. The van der Waals surface area contributed by atoms with Gasteiger partial charge in [-0.1, -0.05) is 96.1 Å². The maximum absolute atomic E-state index is 2.46. The number of benzene rings is 3. The Morgan fingerprint density at radius 1 is 0.613 bits per heavy atom. The number of fused-ring (bicyclic) bond motifs is 1. The van der Waals surface area contributed by atoms with Crippen LogP contribution in [0.2, 0.25) is 0 Å². The van der Waals surface area contributed by atoms with E-state index in [0.29, 0.717) is 0 Å². The van der Waals surface area contributed by atoms with E-state index in [1.165, 1.54) is 38.6 Å². The summed E-state index contributed by atoms with van der Waals surface area (Å²) in [5.74, 6) is 0. The second-order valence-electron chi connectivity index (χ2n) is 10.7. The predicted molar refractivity (Wildman–Crippen MR) is 135 cm³/mol. The van der Waals surface area contributed by atoms with Crippen LogP contribution in [-0.4, -0.2) is 0 Å². The molecule has 0 fully saturated rings. The standard InChI is InChI=1S/C30H35N/c1-29(2,3)23-14-18-25(19-15-23)31(26-20-16-24(17-21-26)30(4,5)6)28-13-9-11-22-10-7-8-12-27(22)28/h7-8,10-12,14-21H,9,13H2,1-6H3. The van der Waals surface area contributed by atoms with Gasteiger partial charge in [-0.25, -0.2) is 0 Å². The van der Waals surface area contributed by atoms with E-state index in [1.807, 2.05) is 0 Å². The lowest BCUT2D eigenvalue weighted by Gasteiger charge is -2.31. The van der Waals surface area contributed by atoms with Crippen molar-refractivity contribution in [3.05, 3.63) is 94.4 Å². The maximum Gasteiger partial charge on any atom is 0.0458 e. The van der Waals surface area contributed by atoms with Gasteiger partial charge in [0.25, 0.3) is 0 Å². The highest BCUT2D eigenvalue weighted by molar-refractivity contribution is 5.81. The second kappa shape index (κ2) is 8.04. The van der Waals surface area contributed by atoms with Gasteiger partial charge in [0, 0.05) is 22.3 Å². The van der Waals surface area contributed by atoms with Crippen LogP contribution in [0.3, 0.4) is 0 Å². The van der Waals surface area contributed by atoms with Crippen molar-refractivity contribution in [1.82, 2.24) is 0 Å². The third-order valence-electron chi connectivity index (χ3n) is 6.27. The molecule has 0 aromatic heterocycles. The Morgan fingerprint density at radius 2 is 1.10 bits per heavy atom. The first-order chi connectivity index (χ1) is 14.6. The van der Waals surface area contributed by atoms with Gasteiger partial charge in [0.15, 0.2) is 0 Å². The molecule has 0 unspecified atom stereocenters. The number of nitrogens with zero attached hydrogens (tertiary/aromatic N) is 1. The zero-order valence-corrected chi connectivity index (χ0v) is 19.9. The van der Waals surface area contributed by atoms with Gasteiger partial charge < -0.3 is 4.90 Å². The Morgan fingerprint density at radius 3 is 1.58 bits per heavy atom. The summed E-state index contributed by atoms with van der Waals surface area (Å²) < 4.78 is 0. The normalized spacial score (nSPS) is 14.1. The molecule has 1 nitrogen and oxygen atoms in total. The van der Waals surface area contributed by atoms with Crippen molar-refractivity contribution in [2.45, 2.75) is 65.2 Å². The van der Waals surface area contributed by atoms with Gasteiger partial charge in [-0.3, -0.25) is 0 Å². The smallest absolute Gasteiger partial charge is 0.0458 e. The molecule has 4 rings (SSSR count). The van der Waals surface area contributed by atoms with Gasteiger partial charge in [0.1, 0.15) is 0 Å². The summed E-state index contributed by atoms with van der Waals surface area (Å²) in [5.41, 5.74) is 6.86. The summed E-state index contributed by atoms with van der Waals surface area (Å²) in [6.45, 7) is 13.6. The minimum absolute atomic E-state index is 0.150. The van der Waals surface area contributed by atoms with E-state index in [0.717, 1.165) is 12.8 Å². The Balaban J connectivity index is 1.89. The molecule has 1 aliphatic rings. The molecule has 0 aliphatic heterocycles. The number of hydrogen-bond donors (Lipinski definition) is 0. The molecule has 0 bridgehead atoms. The molecule has 0 heterocycles. The zero-order chi connectivity index (χ0) is 22.2. The van der Waals surface area contributed by atoms with Crippen molar-refractivity contribution in [1.29, 1.82) is 0 Å². The van der Waals surface area contributed by atoms with E-state index in [9.17, 15) is 0 Å². The summed E-state index contributed by atoms with van der Waals surface area (Å²) in [6.07, 6.45) is 4.48. The molecule has 1 heteroatoms. The van der Waals surface area contributed by atoms with Crippen LogP contribution in [0.25, 0.3) is 11.8 Å². The zero-order valence-electron chi connectivity index (χ0n) is 19.9. The minimum Gasteiger partial charge on any atom is -0.314 e. The van der Waals surface area contributed by atoms with Gasteiger partial charge in [-0.2, -0.15) is 0 Å². The third kappa shape index (κ3) is 4.46. The highest BCUT2D eigenvalue weighted by atomic mass is 15.1. The van der Waals surface area contributed by atoms with Gasteiger partial charge in [-0.15, -0.1) is 0 Å². The van der Waals surface area contributed by atoms with E-state index in [1.54, 1.807) is 0 Å². The highest BCUT2D eigenvalue weighted by Gasteiger charge is 2.20. The number of anilines is 2. The van der Waals surface area contributed by atoms with Crippen molar-refractivity contribution >= 4 is 23.1 Å². The molecular weight excluding hydrogens is 374 g/mol. The van der Waals surface area contributed by atoms with Crippen molar-refractivity contribution in [3.8, 4) is 0 Å². The summed E-state index contributed by atoms with van der Waals surface area (Å²) in [5, 5.41) is 2.68. The predicted octanol–water partition coefficient (Wildman–Crippen LogP) is 6.80. The summed E-state index contributed by atoms with van der Waals surface area (Å²) in [4.78, 5) is 2.46. The summed E-state index contributed by atoms with van der Waals surface area (Å²) in [6, 6.07) is 27.1. The van der Waals surface area contributed by atoms with Crippen LogP contribution in [0.1, 0.15) is 65.5 Å². The monoisotopic (exact) mass is 409 g/mol. The van der Waals surface area contributed by atoms with Crippen LogP contribution < -0.4 is 15.3 Å². The molecule has 0 atom stereocenters. The Kier molecular flexibility index (Phi) is 5.56. The van der Waals surface area contributed by atoms with Crippen LogP contribution in [0, 0.1) is 0 Å². The maximum atomic E-state index is 2.46. The number of hydrogen-bond acceptors (Lipinski definition) is 1. The fourth-order valence-corrected chi connectivity index (χ4v) is 4.35. The van der Waals surface area contributed by atoms with Crippen LogP contribution in [-0.2, 0) is 10.8 Å². The molecular formula is C30H35N. The first-order valence-electron chi connectivity index (χ1n) is 11.4. The van der Waals surface area contributed by atoms with Gasteiger partial charge in [0.05, 0.1) is 0 Å². The SMILES string of the molecule is CC(C)(C)c1ccc(N(C2=c3ccccc3=CCC2)c2ccc(C(C)(C)C)cc2)cc1. The van der Waals surface area contributed by atoms with E-state index in [-0.39, 0.29) is 10.8 Å². The van der Waals surface area contributed by atoms with E-state index < -0.39 is 0 Å². The molecule has 0 radical (unpaired) electrons. The largest absolute Gasteiger partial charge is 0.314 e. The third-order valence-corrected chi connectivity index (χ3v) is 6.27. The average Bonchev–Trinajstić information content (AvgIpc) is 2.74. The van der Waals surface area contributed by atoms with Crippen molar-refractivity contribution in [3.63, 3.8) is 0 Å². The molecule has 0 saturated carbocycles. The molecule has 0 saturated heterocycles. The van der Waals surface area contributed by atoms with Crippen molar-refractivity contribution in [2.75, 3.05) is 4.90 Å². The molecule has 3 aromatic rings. The average molecular weight is 410 g/mol. The molecule has 31 heavy (non-hydrogen) atoms. The summed E-state index contributed by atoms with van der Waals surface area (Å²) >= 11 is 0.